The summed E-state index contributed by atoms with van der Waals surface area (Å²) in [7, 11) is 4.42. The molecule has 0 aliphatic carbocycles. The van der Waals surface area contributed by atoms with E-state index in [2.05, 4.69) is 36.0 Å². The first-order valence-electron chi connectivity index (χ1n) is 6.85. The molecule has 3 nitrogen and oxygen atoms in total. The third-order valence-electron chi connectivity index (χ3n) is 3.81. The summed E-state index contributed by atoms with van der Waals surface area (Å²) in [6, 6.07) is 8.21. The van der Waals surface area contributed by atoms with Gasteiger partial charge in [0.1, 0.15) is 0 Å². The molecule has 0 bridgehead atoms. The van der Waals surface area contributed by atoms with E-state index in [1.165, 1.54) is 38.0 Å². The average molecular weight is 247 g/mol. The number of nitrogens with zero attached hydrogens (tertiary/aromatic N) is 2. The number of benzene rings is 1. The summed E-state index contributed by atoms with van der Waals surface area (Å²) in [5, 5.41) is 0. The molecule has 18 heavy (non-hydrogen) atoms. The summed E-state index contributed by atoms with van der Waals surface area (Å²) >= 11 is 0. The number of nitrogens with two attached hydrogens (primary N) is 1. The molecule has 0 radical (unpaired) electrons. The molecule has 1 aliphatic heterocycles. The quantitative estimate of drug-likeness (QED) is 0.827. The highest BCUT2D eigenvalue weighted by atomic mass is 15.1. The normalized spacial score (nSPS) is 18.4. The number of likely N-dealkylation sites (tertiary alicyclic amines) is 1. The van der Waals surface area contributed by atoms with Gasteiger partial charge in [-0.2, -0.15) is 0 Å². The summed E-state index contributed by atoms with van der Waals surface area (Å²) in [5.41, 5.74) is 7.98. The van der Waals surface area contributed by atoms with Gasteiger partial charge in [0.15, 0.2) is 0 Å². The Labute approximate surface area is 111 Å². The van der Waals surface area contributed by atoms with Crippen molar-refractivity contribution >= 4 is 5.69 Å². The van der Waals surface area contributed by atoms with Crippen LogP contribution in [0.2, 0.25) is 0 Å². The maximum atomic E-state index is 5.81. The van der Waals surface area contributed by atoms with E-state index < -0.39 is 0 Å². The predicted octanol–water partition coefficient (Wildman–Crippen LogP) is 2.04. The zero-order chi connectivity index (χ0) is 13.0. The van der Waals surface area contributed by atoms with Crippen molar-refractivity contribution < 1.29 is 0 Å². The molecule has 3 heteroatoms. The van der Waals surface area contributed by atoms with Crippen LogP contribution in [0.25, 0.3) is 0 Å². The van der Waals surface area contributed by atoms with E-state index in [4.69, 9.17) is 5.73 Å². The van der Waals surface area contributed by atoms with Crippen molar-refractivity contribution in [2.75, 3.05) is 39.5 Å². The molecule has 2 rings (SSSR count). The Morgan fingerprint density at radius 1 is 1.33 bits per heavy atom. The standard InChI is InChI=1S/C15H25N3/c1-17-8-6-13(7-9-17)11-18(2)12-14-4-3-5-15(16)10-14/h3-5,10,13H,6-9,11-12,16H2,1-2H3. The molecule has 0 aromatic heterocycles. The monoisotopic (exact) mass is 247 g/mol. The lowest BCUT2D eigenvalue weighted by atomic mass is 9.96. The largest absolute Gasteiger partial charge is 0.399 e. The highest BCUT2D eigenvalue weighted by Gasteiger charge is 2.17. The molecular formula is C15H25N3. The first-order valence-corrected chi connectivity index (χ1v) is 6.85. The van der Waals surface area contributed by atoms with Gasteiger partial charge < -0.3 is 15.5 Å². The molecule has 1 fully saturated rings. The smallest absolute Gasteiger partial charge is 0.0317 e. The number of piperidine rings is 1. The number of rotatable bonds is 4. The van der Waals surface area contributed by atoms with Crippen LogP contribution in [0.4, 0.5) is 5.69 Å². The summed E-state index contributed by atoms with van der Waals surface area (Å²) in [5.74, 6) is 0.854. The van der Waals surface area contributed by atoms with E-state index in [9.17, 15) is 0 Å². The van der Waals surface area contributed by atoms with E-state index in [0.717, 1.165) is 18.2 Å². The Morgan fingerprint density at radius 2 is 2.06 bits per heavy atom. The summed E-state index contributed by atoms with van der Waals surface area (Å²) < 4.78 is 0. The minimum Gasteiger partial charge on any atom is -0.399 e. The zero-order valence-electron chi connectivity index (χ0n) is 11.6. The molecule has 1 aliphatic rings. The number of hydrogen-bond donors (Lipinski definition) is 1. The molecule has 100 valence electrons. The van der Waals surface area contributed by atoms with E-state index in [1.807, 2.05) is 12.1 Å². The van der Waals surface area contributed by atoms with Crippen LogP contribution in [0.3, 0.4) is 0 Å². The van der Waals surface area contributed by atoms with Crippen LogP contribution in [0.15, 0.2) is 24.3 Å². The van der Waals surface area contributed by atoms with Gasteiger partial charge in [-0.3, -0.25) is 0 Å². The van der Waals surface area contributed by atoms with Crippen LogP contribution in [0.1, 0.15) is 18.4 Å². The van der Waals surface area contributed by atoms with Gasteiger partial charge in [-0.25, -0.2) is 0 Å². The molecular weight excluding hydrogens is 222 g/mol. The summed E-state index contributed by atoms with van der Waals surface area (Å²) in [4.78, 5) is 4.85. The third-order valence-corrected chi connectivity index (χ3v) is 3.81. The van der Waals surface area contributed by atoms with E-state index in [-0.39, 0.29) is 0 Å². The van der Waals surface area contributed by atoms with Crippen molar-refractivity contribution in [1.82, 2.24) is 9.80 Å². The molecule has 2 N–H and O–H groups in total. The van der Waals surface area contributed by atoms with Crippen molar-refractivity contribution in [3.63, 3.8) is 0 Å². The SMILES string of the molecule is CN1CCC(CN(C)Cc2cccc(N)c2)CC1. The molecule has 0 spiro atoms. The highest BCUT2D eigenvalue weighted by Crippen LogP contribution is 2.18. The van der Waals surface area contributed by atoms with Crippen molar-refractivity contribution in [2.24, 2.45) is 5.92 Å². The molecule has 1 heterocycles. The van der Waals surface area contributed by atoms with Gasteiger partial charge in [0, 0.05) is 18.8 Å². The first kappa shape index (κ1) is 13.4. The Kier molecular flexibility index (Phi) is 4.61. The highest BCUT2D eigenvalue weighted by molar-refractivity contribution is 5.40. The van der Waals surface area contributed by atoms with Crippen LogP contribution in [-0.2, 0) is 6.54 Å². The predicted molar refractivity (Wildman–Crippen MR) is 77.4 cm³/mol. The minimum atomic E-state index is 0.854. The van der Waals surface area contributed by atoms with Crippen molar-refractivity contribution in [1.29, 1.82) is 0 Å². The minimum absolute atomic E-state index is 0.854. The fourth-order valence-corrected chi connectivity index (χ4v) is 2.75. The fraction of sp³-hybridized carbons (Fsp3) is 0.600. The van der Waals surface area contributed by atoms with Gasteiger partial charge in [-0.1, -0.05) is 12.1 Å². The lowest BCUT2D eigenvalue weighted by Crippen LogP contribution is -2.35. The first-order chi connectivity index (χ1) is 8.63. The van der Waals surface area contributed by atoms with Gasteiger partial charge >= 0.3 is 0 Å². The topological polar surface area (TPSA) is 32.5 Å². The lowest BCUT2D eigenvalue weighted by molar-refractivity contribution is 0.173. The van der Waals surface area contributed by atoms with Crippen LogP contribution < -0.4 is 5.73 Å². The maximum absolute atomic E-state index is 5.81. The Bertz CT molecular complexity index is 370. The molecule has 0 atom stereocenters. The van der Waals surface area contributed by atoms with Gasteiger partial charge in [-0.05, 0) is 63.6 Å². The second-order valence-electron chi connectivity index (χ2n) is 5.69. The molecule has 0 saturated carbocycles. The van der Waals surface area contributed by atoms with Crippen molar-refractivity contribution in [2.45, 2.75) is 19.4 Å². The van der Waals surface area contributed by atoms with Gasteiger partial charge in [0.2, 0.25) is 0 Å². The molecule has 1 aromatic carbocycles. The van der Waals surface area contributed by atoms with Crippen LogP contribution >= 0.6 is 0 Å². The van der Waals surface area contributed by atoms with Gasteiger partial charge in [-0.15, -0.1) is 0 Å². The van der Waals surface area contributed by atoms with Crippen LogP contribution in [0.5, 0.6) is 0 Å². The van der Waals surface area contributed by atoms with Crippen molar-refractivity contribution in [3.05, 3.63) is 29.8 Å². The lowest BCUT2D eigenvalue weighted by Gasteiger charge is -2.31. The van der Waals surface area contributed by atoms with E-state index >= 15 is 0 Å². The number of hydrogen-bond acceptors (Lipinski definition) is 3. The van der Waals surface area contributed by atoms with Crippen LogP contribution in [0, 0.1) is 5.92 Å². The van der Waals surface area contributed by atoms with E-state index in [0.29, 0.717) is 0 Å². The maximum Gasteiger partial charge on any atom is 0.0317 e. The molecule has 1 aromatic rings. The summed E-state index contributed by atoms with van der Waals surface area (Å²) in [6.45, 7) is 4.69. The van der Waals surface area contributed by atoms with Gasteiger partial charge in [0.25, 0.3) is 0 Å². The number of nitrogen functional groups attached to an aromatic ring is 1. The average Bonchev–Trinajstić information content (AvgIpc) is 2.32. The van der Waals surface area contributed by atoms with E-state index in [1.54, 1.807) is 0 Å². The Balaban J connectivity index is 1.80. The fourth-order valence-electron chi connectivity index (χ4n) is 2.75. The second kappa shape index (κ2) is 6.21. The molecule has 0 amide bonds. The molecule has 1 saturated heterocycles. The molecule has 0 unspecified atom stereocenters. The zero-order valence-corrected chi connectivity index (χ0v) is 11.6. The van der Waals surface area contributed by atoms with Gasteiger partial charge in [0.05, 0.1) is 0 Å². The Hall–Kier alpha value is -1.06. The second-order valence-corrected chi connectivity index (χ2v) is 5.69. The van der Waals surface area contributed by atoms with Crippen molar-refractivity contribution in [3.8, 4) is 0 Å². The summed E-state index contributed by atoms with van der Waals surface area (Å²) in [6.07, 6.45) is 2.66. The third kappa shape index (κ3) is 4.00. The van der Waals surface area contributed by atoms with Crippen LogP contribution in [-0.4, -0.2) is 43.5 Å². The number of anilines is 1. The Morgan fingerprint density at radius 3 is 2.72 bits per heavy atom.